The first-order valence-corrected chi connectivity index (χ1v) is 9.11. The smallest absolute Gasteiger partial charge is 0.311 e. The van der Waals surface area contributed by atoms with Crippen LogP contribution in [-0.4, -0.2) is 9.97 Å². The highest BCUT2D eigenvalue weighted by Crippen LogP contribution is 2.33. The highest BCUT2D eigenvalue weighted by molar-refractivity contribution is 5.76. The molecule has 3 aromatic carbocycles. The molecule has 3 aromatic rings. The molecule has 0 N–H and O–H groups in total. The van der Waals surface area contributed by atoms with Crippen molar-refractivity contribution in [3.05, 3.63) is 124 Å². The van der Waals surface area contributed by atoms with Crippen molar-refractivity contribution in [2.75, 3.05) is 4.90 Å². The van der Waals surface area contributed by atoms with Gasteiger partial charge in [0.15, 0.2) is 0 Å². The van der Waals surface area contributed by atoms with E-state index in [1.165, 1.54) is 29.3 Å². The van der Waals surface area contributed by atoms with Crippen LogP contribution in [0.4, 0.5) is 17.1 Å². The molecular formula is C24H17N3O2. The molecule has 2 heterocycles. The molecule has 0 atom stereocenters. The number of nitrogens with zero attached hydrogens (tertiary/aromatic N) is 3. The topological polar surface area (TPSA) is 63.2 Å². The summed E-state index contributed by atoms with van der Waals surface area (Å²) in [5, 5.41) is 0. The zero-order valence-electron chi connectivity index (χ0n) is 15.5. The van der Waals surface area contributed by atoms with Gasteiger partial charge in [-0.3, -0.25) is 14.6 Å². The van der Waals surface area contributed by atoms with Gasteiger partial charge in [-0.2, -0.15) is 0 Å². The number of fused-ring (bicyclic) bond motifs is 1. The van der Waals surface area contributed by atoms with E-state index in [1.54, 1.807) is 0 Å². The molecule has 2 aliphatic heterocycles. The Morgan fingerprint density at radius 1 is 0.586 bits per heavy atom. The van der Waals surface area contributed by atoms with Gasteiger partial charge in [0.1, 0.15) is 5.69 Å². The van der Waals surface area contributed by atoms with Gasteiger partial charge in [0.05, 0.1) is 5.69 Å². The maximum atomic E-state index is 10.8. The van der Waals surface area contributed by atoms with E-state index >= 15 is 0 Å². The van der Waals surface area contributed by atoms with E-state index in [0.29, 0.717) is 5.69 Å². The molecule has 140 valence electrons. The number of anilines is 3. The van der Waals surface area contributed by atoms with E-state index < -0.39 is 11.0 Å². The van der Waals surface area contributed by atoms with Crippen LogP contribution in [0.25, 0.3) is 11.4 Å². The summed E-state index contributed by atoms with van der Waals surface area (Å²) in [6, 6.07) is 32.8. The molecule has 5 rings (SSSR count). The van der Waals surface area contributed by atoms with Crippen molar-refractivity contribution in [1.29, 1.82) is 0 Å². The fourth-order valence-corrected chi connectivity index (χ4v) is 3.03. The summed E-state index contributed by atoms with van der Waals surface area (Å²) in [7, 11) is 0. The van der Waals surface area contributed by atoms with Crippen molar-refractivity contribution in [1.82, 2.24) is 9.97 Å². The van der Waals surface area contributed by atoms with Crippen molar-refractivity contribution in [3.8, 4) is 11.4 Å². The van der Waals surface area contributed by atoms with Crippen LogP contribution < -0.4 is 15.9 Å². The molecule has 0 unspecified atom stereocenters. The van der Waals surface area contributed by atoms with Crippen LogP contribution in [-0.2, 0) is 0 Å². The lowest BCUT2D eigenvalue weighted by Gasteiger charge is -2.25. The van der Waals surface area contributed by atoms with Crippen LogP contribution in [0.1, 0.15) is 0 Å². The van der Waals surface area contributed by atoms with Gasteiger partial charge in [0, 0.05) is 23.3 Å². The van der Waals surface area contributed by atoms with Gasteiger partial charge in [0.25, 0.3) is 5.43 Å². The third kappa shape index (κ3) is 3.94. The van der Waals surface area contributed by atoms with Gasteiger partial charge >= 0.3 is 5.56 Å². The Labute approximate surface area is 167 Å². The predicted molar refractivity (Wildman–Crippen MR) is 115 cm³/mol. The maximum Gasteiger partial charge on any atom is 0.320 e. The summed E-state index contributed by atoms with van der Waals surface area (Å²) in [6.45, 7) is 0. The van der Waals surface area contributed by atoms with E-state index in [9.17, 15) is 9.59 Å². The molecule has 29 heavy (non-hydrogen) atoms. The molecule has 0 fully saturated rings. The Bertz CT molecular complexity index is 1140. The maximum absolute atomic E-state index is 10.8. The number of benzene rings is 3. The molecule has 5 heteroatoms. The Hall–Kier alpha value is -4.12. The summed E-state index contributed by atoms with van der Waals surface area (Å²) >= 11 is 0. The van der Waals surface area contributed by atoms with E-state index in [4.69, 9.17) is 0 Å². The predicted octanol–water partition coefficient (Wildman–Crippen LogP) is 4.33. The molecule has 0 saturated heterocycles. The molecule has 0 spiro atoms. The van der Waals surface area contributed by atoms with Gasteiger partial charge < -0.3 is 4.90 Å². The molecule has 0 aliphatic carbocycles. The average Bonchev–Trinajstić information content (AvgIpc) is 3.34. The standard InChI is InChI=1S/C18H15N.C6H2N2O2/c1-4-10-16(11-5-1)19(17-12-6-2-7-13-17)18-14-8-3-9-15-18;9-5-4-3(1-2-7-4)8-6(5)10/h1-15H;1-2H. The second-order valence-electron chi connectivity index (χ2n) is 6.27. The lowest BCUT2D eigenvalue weighted by atomic mass is 10.2. The first-order valence-electron chi connectivity index (χ1n) is 9.11. The lowest BCUT2D eigenvalue weighted by Crippen LogP contribution is -2.19. The van der Waals surface area contributed by atoms with Crippen LogP contribution in [0.2, 0.25) is 0 Å². The van der Waals surface area contributed by atoms with Crippen LogP contribution in [0.15, 0.2) is 113 Å². The van der Waals surface area contributed by atoms with Gasteiger partial charge in [-0.15, -0.1) is 0 Å². The third-order valence-corrected chi connectivity index (χ3v) is 4.35. The summed E-state index contributed by atoms with van der Waals surface area (Å²) < 4.78 is 0. The summed E-state index contributed by atoms with van der Waals surface area (Å²) in [5.74, 6) is 0. The molecule has 0 bridgehead atoms. The number of hydrogen-bond donors (Lipinski definition) is 0. The summed E-state index contributed by atoms with van der Waals surface area (Å²) in [4.78, 5) is 30.6. The van der Waals surface area contributed by atoms with Crippen molar-refractivity contribution in [3.63, 3.8) is 0 Å². The highest BCUT2D eigenvalue weighted by atomic mass is 16.2. The number of hydrogen-bond acceptors (Lipinski definition) is 5. The Kier molecular flexibility index (Phi) is 5.21. The van der Waals surface area contributed by atoms with Gasteiger partial charge in [0.2, 0.25) is 0 Å². The Morgan fingerprint density at radius 2 is 1.03 bits per heavy atom. The van der Waals surface area contributed by atoms with Gasteiger partial charge in [-0.05, 0) is 42.5 Å². The number of aromatic nitrogens is 2. The van der Waals surface area contributed by atoms with Crippen LogP contribution >= 0.6 is 0 Å². The molecule has 0 aromatic heterocycles. The van der Waals surface area contributed by atoms with E-state index in [-0.39, 0.29) is 5.69 Å². The first kappa shape index (κ1) is 18.3. The second-order valence-corrected chi connectivity index (χ2v) is 6.27. The zero-order valence-corrected chi connectivity index (χ0v) is 15.5. The average molecular weight is 379 g/mol. The van der Waals surface area contributed by atoms with Crippen molar-refractivity contribution in [2.24, 2.45) is 0 Å². The Morgan fingerprint density at radius 3 is 1.45 bits per heavy atom. The summed E-state index contributed by atoms with van der Waals surface area (Å²) in [6.07, 6.45) is 1.46. The second kappa shape index (κ2) is 8.27. The highest BCUT2D eigenvalue weighted by Gasteiger charge is 2.14. The third-order valence-electron chi connectivity index (χ3n) is 4.35. The normalized spacial score (nSPS) is 10.3. The fourth-order valence-electron chi connectivity index (χ4n) is 3.03. The van der Waals surface area contributed by atoms with Gasteiger partial charge in [-0.25, -0.2) is 4.98 Å². The minimum atomic E-state index is -0.710. The number of rotatable bonds is 3. The minimum absolute atomic E-state index is 0.185. The molecule has 2 aliphatic rings. The van der Waals surface area contributed by atoms with Crippen LogP contribution in [0.3, 0.4) is 0 Å². The monoisotopic (exact) mass is 379 g/mol. The molecule has 0 amide bonds. The van der Waals surface area contributed by atoms with Crippen LogP contribution in [0, 0.1) is 0 Å². The SMILES string of the molecule is O=c1nc2ccnc-2c1=O.c1ccc(N(c2ccccc2)c2ccccc2)cc1. The number of para-hydroxylation sites is 3. The van der Waals surface area contributed by atoms with Crippen molar-refractivity contribution in [2.45, 2.75) is 0 Å². The summed E-state index contributed by atoms with van der Waals surface area (Å²) in [5.41, 5.74) is 2.78. The van der Waals surface area contributed by atoms with Gasteiger partial charge in [-0.1, -0.05) is 54.6 Å². The van der Waals surface area contributed by atoms with E-state index in [0.717, 1.165) is 0 Å². The van der Waals surface area contributed by atoms with E-state index in [1.807, 2.05) is 18.2 Å². The first-order chi connectivity index (χ1) is 14.2. The lowest BCUT2D eigenvalue weighted by molar-refractivity contribution is 1.28. The molecular weight excluding hydrogens is 362 g/mol. The molecule has 5 nitrogen and oxygen atoms in total. The van der Waals surface area contributed by atoms with Crippen molar-refractivity contribution < 1.29 is 0 Å². The quantitative estimate of drug-likeness (QED) is 0.437. The van der Waals surface area contributed by atoms with E-state index in [2.05, 4.69) is 87.7 Å². The zero-order chi connectivity index (χ0) is 20.1. The van der Waals surface area contributed by atoms with Crippen LogP contribution in [0.5, 0.6) is 0 Å². The minimum Gasteiger partial charge on any atom is -0.311 e. The molecule has 0 radical (unpaired) electrons. The fraction of sp³-hybridized carbons (Fsp3) is 0. The molecule has 0 saturated carbocycles. The van der Waals surface area contributed by atoms with Crippen molar-refractivity contribution >= 4 is 17.1 Å². The Balaban J connectivity index is 0.000000171. The largest absolute Gasteiger partial charge is 0.320 e.